The number of halogens is 2. The Kier molecular flexibility index (Phi) is 4.62. The number of nitrogens with zero attached hydrogens (tertiary/aromatic N) is 1. The molecule has 20 heavy (non-hydrogen) atoms. The summed E-state index contributed by atoms with van der Waals surface area (Å²) in [6, 6.07) is 10.6. The first-order chi connectivity index (χ1) is 9.49. The van der Waals surface area contributed by atoms with E-state index in [0.717, 1.165) is 15.7 Å². The SMILES string of the molecule is Cc1c(NCc2ccc(Cl)c(Br)c2)cccc1[N+](=O)[O-]. The van der Waals surface area contributed by atoms with Crippen LogP contribution in [-0.4, -0.2) is 4.92 Å². The molecule has 0 bridgehead atoms. The average Bonchev–Trinajstić information content (AvgIpc) is 2.41. The van der Waals surface area contributed by atoms with Crippen molar-refractivity contribution in [1.29, 1.82) is 0 Å². The minimum absolute atomic E-state index is 0.118. The Morgan fingerprint density at radius 1 is 1.35 bits per heavy atom. The summed E-state index contributed by atoms with van der Waals surface area (Å²) < 4.78 is 0.828. The van der Waals surface area contributed by atoms with Gasteiger partial charge in [0.1, 0.15) is 0 Å². The minimum Gasteiger partial charge on any atom is -0.381 e. The third-order valence-corrected chi connectivity index (χ3v) is 4.18. The van der Waals surface area contributed by atoms with E-state index in [0.29, 0.717) is 17.1 Å². The van der Waals surface area contributed by atoms with E-state index in [-0.39, 0.29) is 10.6 Å². The summed E-state index contributed by atoms with van der Waals surface area (Å²) in [5.41, 5.74) is 2.54. The summed E-state index contributed by atoms with van der Waals surface area (Å²) in [5.74, 6) is 0. The lowest BCUT2D eigenvalue weighted by Gasteiger charge is -2.10. The van der Waals surface area contributed by atoms with Gasteiger partial charge in [-0.25, -0.2) is 0 Å². The van der Waals surface area contributed by atoms with E-state index in [1.807, 2.05) is 24.3 Å². The first kappa shape index (κ1) is 14.8. The van der Waals surface area contributed by atoms with Crippen LogP contribution in [0, 0.1) is 17.0 Å². The van der Waals surface area contributed by atoms with Crippen molar-refractivity contribution in [1.82, 2.24) is 0 Å². The van der Waals surface area contributed by atoms with Crippen molar-refractivity contribution in [2.75, 3.05) is 5.32 Å². The van der Waals surface area contributed by atoms with Crippen LogP contribution in [0.3, 0.4) is 0 Å². The molecule has 104 valence electrons. The summed E-state index contributed by atoms with van der Waals surface area (Å²) in [7, 11) is 0. The van der Waals surface area contributed by atoms with Crippen molar-refractivity contribution in [3.8, 4) is 0 Å². The fraction of sp³-hybridized carbons (Fsp3) is 0.143. The van der Waals surface area contributed by atoms with Crippen molar-refractivity contribution < 1.29 is 4.92 Å². The topological polar surface area (TPSA) is 55.2 Å². The fourth-order valence-corrected chi connectivity index (χ4v) is 2.40. The maximum Gasteiger partial charge on any atom is 0.274 e. The van der Waals surface area contributed by atoms with Crippen molar-refractivity contribution in [2.45, 2.75) is 13.5 Å². The van der Waals surface area contributed by atoms with Gasteiger partial charge in [0, 0.05) is 28.3 Å². The zero-order valence-electron chi connectivity index (χ0n) is 10.7. The molecule has 0 amide bonds. The Morgan fingerprint density at radius 3 is 2.75 bits per heavy atom. The maximum atomic E-state index is 10.9. The molecule has 0 aliphatic heterocycles. The molecule has 0 atom stereocenters. The molecule has 0 saturated carbocycles. The Hall–Kier alpha value is -1.59. The Bertz CT molecular complexity index is 662. The highest BCUT2D eigenvalue weighted by atomic mass is 79.9. The van der Waals surface area contributed by atoms with Crippen LogP contribution in [0.15, 0.2) is 40.9 Å². The zero-order chi connectivity index (χ0) is 14.7. The number of rotatable bonds is 4. The summed E-state index contributed by atoms with van der Waals surface area (Å²) in [6.45, 7) is 2.30. The summed E-state index contributed by atoms with van der Waals surface area (Å²) in [6.07, 6.45) is 0. The molecule has 0 heterocycles. The molecule has 6 heteroatoms. The predicted octanol–water partition coefficient (Wildman–Crippen LogP) is 4.93. The number of nitro benzene ring substituents is 1. The molecule has 2 aromatic carbocycles. The summed E-state index contributed by atoms with van der Waals surface area (Å²) in [5, 5.41) is 14.7. The fourth-order valence-electron chi connectivity index (χ4n) is 1.86. The second kappa shape index (κ2) is 6.24. The molecule has 0 aliphatic carbocycles. The van der Waals surface area contributed by atoms with E-state index in [1.165, 1.54) is 6.07 Å². The average molecular weight is 356 g/mol. The lowest BCUT2D eigenvalue weighted by molar-refractivity contribution is -0.385. The van der Waals surface area contributed by atoms with Gasteiger partial charge >= 0.3 is 0 Å². The van der Waals surface area contributed by atoms with Crippen LogP contribution in [-0.2, 0) is 6.54 Å². The van der Waals surface area contributed by atoms with Gasteiger partial charge < -0.3 is 5.32 Å². The van der Waals surface area contributed by atoms with Gasteiger partial charge in [-0.3, -0.25) is 10.1 Å². The normalized spacial score (nSPS) is 10.3. The van der Waals surface area contributed by atoms with Crippen LogP contribution < -0.4 is 5.32 Å². The predicted molar refractivity (Wildman–Crippen MR) is 84.3 cm³/mol. The van der Waals surface area contributed by atoms with Crippen molar-refractivity contribution in [3.63, 3.8) is 0 Å². The van der Waals surface area contributed by atoms with Crippen molar-refractivity contribution in [3.05, 3.63) is 67.1 Å². The Morgan fingerprint density at radius 2 is 2.10 bits per heavy atom. The van der Waals surface area contributed by atoms with Crippen LogP contribution in [0.25, 0.3) is 0 Å². The van der Waals surface area contributed by atoms with Crippen LogP contribution in [0.5, 0.6) is 0 Å². The first-order valence-corrected chi connectivity index (χ1v) is 7.08. The molecule has 0 spiro atoms. The van der Waals surface area contributed by atoms with Gasteiger partial charge in [-0.15, -0.1) is 0 Å². The Labute approximate surface area is 130 Å². The van der Waals surface area contributed by atoms with Crippen LogP contribution in [0.1, 0.15) is 11.1 Å². The van der Waals surface area contributed by atoms with E-state index in [1.54, 1.807) is 13.0 Å². The van der Waals surface area contributed by atoms with E-state index in [2.05, 4.69) is 21.2 Å². The lowest BCUT2D eigenvalue weighted by Crippen LogP contribution is -2.02. The number of anilines is 1. The van der Waals surface area contributed by atoms with Gasteiger partial charge in [-0.2, -0.15) is 0 Å². The molecule has 0 radical (unpaired) electrons. The van der Waals surface area contributed by atoms with E-state index < -0.39 is 0 Å². The molecule has 0 saturated heterocycles. The highest BCUT2D eigenvalue weighted by Crippen LogP contribution is 2.27. The van der Waals surface area contributed by atoms with Crippen LogP contribution in [0.2, 0.25) is 5.02 Å². The van der Waals surface area contributed by atoms with Gasteiger partial charge in [-0.1, -0.05) is 23.7 Å². The smallest absolute Gasteiger partial charge is 0.274 e. The molecule has 0 unspecified atom stereocenters. The van der Waals surface area contributed by atoms with Crippen molar-refractivity contribution >= 4 is 38.9 Å². The van der Waals surface area contributed by atoms with E-state index in [4.69, 9.17) is 11.6 Å². The summed E-state index contributed by atoms with van der Waals surface area (Å²) in [4.78, 5) is 10.5. The third kappa shape index (κ3) is 3.29. The zero-order valence-corrected chi connectivity index (χ0v) is 13.0. The van der Waals surface area contributed by atoms with Gasteiger partial charge in [0.05, 0.1) is 9.95 Å². The van der Waals surface area contributed by atoms with Crippen LogP contribution >= 0.6 is 27.5 Å². The molecular weight excluding hydrogens is 344 g/mol. The first-order valence-electron chi connectivity index (χ1n) is 5.91. The number of nitro groups is 1. The molecule has 0 aromatic heterocycles. The standard InChI is InChI=1S/C14H12BrClN2O2/c1-9-13(3-2-4-14(9)18(19)20)17-8-10-5-6-12(16)11(15)7-10/h2-7,17H,8H2,1H3. The molecule has 1 N–H and O–H groups in total. The molecule has 0 aliphatic rings. The highest BCUT2D eigenvalue weighted by molar-refractivity contribution is 9.10. The molecule has 2 rings (SSSR count). The Balaban J connectivity index is 2.17. The van der Waals surface area contributed by atoms with Crippen LogP contribution in [0.4, 0.5) is 11.4 Å². The number of hydrogen-bond donors (Lipinski definition) is 1. The monoisotopic (exact) mass is 354 g/mol. The number of nitrogens with one attached hydrogen (secondary N) is 1. The minimum atomic E-state index is -0.376. The second-order valence-electron chi connectivity index (χ2n) is 4.31. The van der Waals surface area contributed by atoms with Crippen molar-refractivity contribution in [2.24, 2.45) is 0 Å². The van der Waals surface area contributed by atoms with Gasteiger partial charge in [0.15, 0.2) is 0 Å². The van der Waals surface area contributed by atoms with E-state index >= 15 is 0 Å². The molecule has 4 nitrogen and oxygen atoms in total. The van der Waals surface area contributed by atoms with E-state index in [9.17, 15) is 10.1 Å². The van der Waals surface area contributed by atoms with Gasteiger partial charge in [0.2, 0.25) is 0 Å². The largest absolute Gasteiger partial charge is 0.381 e. The quantitative estimate of drug-likeness (QED) is 0.625. The van der Waals surface area contributed by atoms with Gasteiger partial charge in [0.25, 0.3) is 5.69 Å². The maximum absolute atomic E-state index is 10.9. The molecule has 0 fully saturated rings. The molecular formula is C14H12BrClN2O2. The number of benzene rings is 2. The lowest BCUT2D eigenvalue weighted by atomic mass is 10.1. The third-order valence-electron chi connectivity index (χ3n) is 2.97. The highest BCUT2D eigenvalue weighted by Gasteiger charge is 2.12. The second-order valence-corrected chi connectivity index (χ2v) is 5.57. The van der Waals surface area contributed by atoms with Gasteiger partial charge in [-0.05, 0) is 46.6 Å². The number of hydrogen-bond acceptors (Lipinski definition) is 3. The molecule has 2 aromatic rings. The summed E-state index contributed by atoms with van der Waals surface area (Å²) >= 11 is 9.30.